The number of benzene rings is 5. The Kier molecular flexibility index (Phi) is 31.9. The van der Waals surface area contributed by atoms with Gasteiger partial charge in [-0.05, 0) is 117 Å². The van der Waals surface area contributed by atoms with Gasteiger partial charge in [0.1, 0.15) is 89.5 Å². The van der Waals surface area contributed by atoms with E-state index in [0.29, 0.717) is 6.42 Å². The second kappa shape index (κ2) is 40.6. The highest BCUT2D eigenvalue weighted by Gasteiger charge is 2.52. The molecule has 0 aromatic heterocycles. The van der Waals surface area contributed by atoms with E-state index in [4.69, 9.17) is 67.6 Å². The second-order valence-corrected chi connectivity index (χ2v) is 32.1. The van der Waals surface area contributed by atoms with Gasteiger partial charge in [-0.3, -0.25) is 38.1 Å². The smallest absolute Gasteiger partial charge is 0.397 e. The lowest BCUT2D eigenvalue weighted by Crippen LogP contribution is -2.64. The van der Waals surface area contributed by atoms with Crippen molar-refractivity contribution >= 4 is 80.9 Å². The maximum absolute atomic E-state index is 16.0. The predicted molar refractivity (Wildman–Crippen MR) is 419 cm³/mol. The van der Waals surface area contributed by atoms with Crippen LogP contribution >= 0.6 is 23.2 Å². The van der Waals surface area contributed by atoms with Crippen molar-refractivity contribution < 1.29 is 135 Å². The molecule has 0 unspecified atom stereocenters. The number of nitrogens with one attached hydrogen (secondary N) is 7. The van der Waals surface area contributed by atoms with Crippen molar-refractivity contribution in [3.63, 3.8) is 0 Å². The van der Waals surface area contributed by atoms with Crippen LogP contribution in [0.2, 0.25) is 10.0 Å². The largest absolute Gasteiger partial charge is 0.508 e. The molecule has 12 rings (SSSR count). The van der Waals surface area contributed by atoms with Gasteiger partial charge in [0, 0.05) is 34.7 Å². The summed E-state index contributed by atoms with van der Waals surface area (Å²) in [5, 5.41) is 131. The van der Waals surface area contributed by atoms with Gasteiger partial charge < -0.3 is 128 Å². The van der Waals surface area contributed by atoms with E-state index in [2.05, 4.69) is 48.3 Å². The third kappa shape index (κ3) is 23.2. The van der Waals surface area contributed by atoms with Crippen molar-refractivity contribution in [3.8, 4) is 57.1 Å². The van der Waals surface area contributed by atoms with Crippen LogP contribution in [0.3, 0.4) is 0 Å². The van der Waals surface area contributed by atoms with E-state index in [0.717, 1.165) is 79.6 Å². The van der Waals surface area contributed by atoms with Crippen LogP contribution in [0, 0.1) is 5.92 Å². The molecule has 7 heterocycles. The van der Waals surface area contributed by atoms with Crippen molar-refractivity contribution in [1.29, 1.82) is 0 Å². The predicted octanol–water partition coefficient (Wildman–Crippen LogP) is 3.83. The summed E-state index contributed by atoms with van der Waals surface area (Å²) in [5.74, 6) is -16.0. The van der Waals surface area contributed by atoms with Crippen molar-refractivity contribution in [2.45, 2.75) is 227 Å². The van der Waals surface area contributed by atoms with Gasteiger partial charge in [0.05, 0.1) is 47.9 Å². The summed E-state index contributed by atoms with van der Waals surface area (Å²) in [6, 6.07) is -0.679. The summed E-state index contributed by atoms with van der Waals surface area (Å²) >= 11 is 14.1. The molecule has 0 saturated carbocycles. The molecule has 37 nitrogen and oxygen atoms in total. The van der Waals surface area contributed by atoms with E-state index in [1.54, 1.807) is 0 Å². The molecule has 0 spiro atoms. The summed E-state index contributed by atoms with van der Waals surface area (Å²) < 4.78 is 71.3. The van der Waals surface area contributed by atoms with Gasteiger partial charge in [-0.15, -0.1) is 0 Å². The van der Waals surface area contributed by atoms with Crippen molar-refractivity contribution in [2.24, 2.45) is 17.4 Å². The molecule has 5 aromatic carbocycles. The van der Waals surface area contributed by atoms with Gasteiger partial charge >= 0.3 is 16.4 Å². The van der Waals surface area contributed by atoms with Crippen molar-refractivity contribution in [2.75, 3.05) is 20.3 Å². The minimum absolute atomic E-state index is 0.0926. The van der Waals surface area contributed by atoms with Crippen LogP contribution in [0.5, 0.6) is 46.0 Å². The number of carbonyl (C=O) groups is 8. The van der Waals surface area contributed by atoms with Crippen LogP contribution in [0.15, 0.2) is 78.9 Å². The molecule has 22 N–H and O–H groups in total. The normalized spacial score (nSPS) is 26.9. The molecule has 0 aliphatic carbocycles. The van der Waals surface area contributed by atoms with Gasteiger partial charge in [-0.25, -0.2) is 8.98 Å². The average molecular weight is 1720 g/mol. The van der Waals surface area contributed by atoms with Gasteiger partial charge in [0.2, 0.25) is 53.4 Å². The molecule has 11 bridgehead atoms. The van der Waals surface area contributed by atoms with Gasteiger partial charge in [-0.2, -0.15) is 8.42 Å². The maximum atomic E-state index is 16.0. The first-order valence-electron chi connectivity index (χ1n) is 38.3. The average Bonchev–Trinajstić information content (AvgIpc) is 0.762. The molecular formula is C78H101Cl2N9O28S. The Balaban J connectivity index is 0.000000835. The number of phenols is 3. The molecule has 2 fully saturated rings. The SMILES string of the molecule is CCCCCCCCCCCCOS(=O)(=O)O.CN[C@H](CC(C)C)C(=O)N[C@H]1C(=O)N[C@@H](CC(N)=O)C(=O)N[C@H]2C(=O)N[C@H]3C(=O)N[C@H](C(=O)N[C@H](C(=O)O)c4cc(O)cc(O)c4-c4cc3ccc4O)[C@H](O)c3ccc(c(Cl)c3)Oc3cc2cc(c3O[C@@H]2O[C@H](CO)[C@@H](O)[C@H](O)[C@H]2O[C@H]2C[C@](C)(N)[C@H](O)[C@H](C)O2)Oc2ccc(cc2Cl)[C@H]1O. The Bertz CT molecular complexity index is 4590. The van der Waals surface area contributed by atoms with E-state index in [-0.39, 0.29) is 52.8 Å². The van der Waals surface area contributed by atoms with Crippen LogP contribution < -0.4 is 62.9 Å². The standard InChI is InChI=1S/C66H75Cl2N9O24.C12H26O4S/c1-23(2)12-34(71-5)58(88)76-49-51(83)26-7-10-38(32(67)14-26)97-40-16-28-17-41(55(40)101-65-56(54(86)53(85)42(22-78)99-65)100-44-21-66(4,70)57(87)24(3)96-44)98-39-11-8-27(15-33(39)68)52(84)50-63(93)75-48(64(94)95)31-18-29(79)19-37(81)45(31)30-13-25(6-9-36(30)80)46(60(90)77-50)74-61(91)47(28)73-59(89)35(20-43(69)82)72-62(49)92;1-2-3-4-5-6-7-8-9-10-11-12-16-17(13,14)15/h6-11,13-19,23-24,34-35,42,44,46-54,56-57,65,71,78-81,83-87H,12,20-22,70H2,1-5H3,(H2,69,82)(H,72,92)(H,73,89)(H,74,91)(H,75,93)(H,76,88)(H,77,90)(H,94,95);2-12H2,1H3,(H,13,14,15)/t24-,34+,35-,42+,44-,46+,47+,48-,49+,50-,51+,52+,53+,54-,56+,57+,65-,66-;/m0./s1. The number of unbranched alkanes of at least 4 members (excludes halogenated alkanes) is 9. The number of phenolic OH excluding ortho intramolecular Hbond substituents is 3. The summed E-state index contributed by atoms with van der Waals surface area (Å²) in [7, 11) is -2.76. The number of halogens is 2. The van der Waals surface area contributed by atoms with Gasteiger partial charge in [0.25, 0.3) is 0 Å². The number of hydrogen-bond acceptors (Lipinski definition) is 28. The van der Waals surface area contributed by atoms with E-state index < -0.39 is 248 Å². The number of carboxylic acids is 1. The number of carboxylic acid groups (broad SMARTS) is 1. The highest BCUT2D eigenvalue weighted by molar-refractivity contribution is 7.80. The molecule has 7 aliphatic heterocycles. The monoisotopic (exact) mass is 1710 g/mol. The van der Waals surface area contributed by atoms with Crippen LogP contribution in [-0.4, -0.2) is 211 Å². The number of primary amides is 1. The number of aliphatic hydroxyl groups is 6. The summed E-state index contributed by atoms with van der Waals surface area (Å²) in [5.41, 5.74) is 8.00. The molecule has 40 heteroatoms. The molecular weight excluding hydrogens is 1610 g/mol. The molecule has 7 amide bonds. The number of hydrogen-bond donors (Lipinski definition) is 20. The Morgan fingerprint density at radius 1 is 0.686 bits per heavy atom. The zero-order valence-electron chi connectivity index (χ0n) is 65.2. The topological polar surface area (TPSA) is 594 Å². The number of rotatable bonds is 25. The number of aliphatic hydroxyl groups excluding tert-OH is 6. The van der Waals surface area contributed by atoms with Crippen molar-refractivity contribution in [3.05, 3.63) is 117 Å². The lowest BCUT2D eigenvalue weighted by Gasteiger charge is -2.47. The highest BCUT2D eigenvalue weighted by Crippen LogP contribution is 2.50. The van der Waals surface area contributed by atoms with Gasteiger partial charge in [0.15, 0.2) is 29.9 Å². The first-order chi connectivity index (χ1) is 55.7. The van der Waals surface area contributed by atoms with Crippen LogP contribution in [-0.2, 0) is 67.1 Å². The van der Waals surface area contributed by atoms with E-state index >= 15 is 14.4 Å². The maximum Gasteiger partial charge on any atom is 0.397 e. The minimum atomic E-state index is -4.23. The highest BCUT2D eigenvalue weighted by atomic mass is 35.5. The van der Waals surface area contributed by atoms with Crippen LogP contribution in [0.4, 0.5) is 0 Å². The molecule has 118 heavy (non-hydrogen) atoms. The second-order valence-electron chi connectivity index (χ2n) is 30.1. The Hall–Kier alpha value is -9.33. The lowest BCUT2D eigenvalue weighted by atomic mass is 9.86. The third-order valence-electron chi connectivity index (χ3n) is 20.5. The molecule has 7 aliphatic rings. The number of aromatic hydroxyl groups is 3. The minimum Gasteiger partial charge on any atom is -0.508 e. The van der Waals surface area contributed by atoms with E-state index in [9.17, 15) is 83.5 Å². The molecule has 646 valence electrons. The summed E-state index contributed by atoms with van der Waals surface area (Å²) in [6.07, 6.45) is -6.70. The quantitative estimate of drug-likeness (QED) is 0.0291. The van der Waals surface area contributed by atoms with Crippen LogP contribution in [0.25, 0.3) is 11.1 Å². The van der Waals surface area contributed by atoms with Crippen molar-refractivity contribution in [1.82, 2.24) is 37.2 Å². The van der Waals surface area contributed by atoms with E-state index in [1.807, 2.05) is 13.8 Å². The third-order valence-corrected chi connectivity index (χ3v) is 21.6. The summed E-state index contributed by atoms with van der Waals surface area (Å²) in [6.45, 7) is 7.97. The fourth-order valence-corrected chi connectivity index (χ4v) is 15.0. The number of amides is 7. The fourth-order valence-electron chi connectivity index (χ4n) is 14.2. The Labute approximate surface area is 688 Å². The number of nitrogens with two attached hydrogens (primary N) is 2. The lowest BCUT2D eigenvalue weighted by molar-refractivity contribution is -0.333. The van der Waals surface area contributed by atoms with Crippen LogP contribution in [0.1, 0.15) is 176 Å². The Morgan fingerprint density at radius 3 is 1.82 bits per heavy atom. The number of likely N-dealkylation sites (N-methyl/N-ethyl adjacent to an activating group) is 1. The molecule has 0 radical (unpaired) electrons. The zero-order chi connectivity index (χ0) is 86.5. The first kappa shape index (κ1) is 92.6. The summed E-state index contributed by atoms with van der Waals surface area (Å²) in [4.78, 5) is 117. The Morgan fingerprint density at radius 2 is 1.26 bits per heavy atom. The fraction of sp³-hybridized carbons (Fsp3) is 0.513. The first-order valence-corrected chi connectivity index (χ1v) is 40.4. The number of ether oxygens (including phenoxy) is 6. The van der Waals surface area contributed by atoms with E-state index in [1.165, 1.54) is 78.0 Å². The number of aliphatic carboxylic acids is 1. The van der Waals surface area contributed by atoms with Gasteiger partial charge in [-0.1, -0.05) is 120 Å². The molecule has 5 aromatic rings. The zero-order valence-corrected chi connectivity index (χ0v) is 67.5. The number of carbonyl (C=O) groups excluding carboxylic acids is 7. The molecule has 18 atom stereocenters. The number of fused-ring (bicyclic) bond motifs is 15. The molecule has 2 saturated heterocycles.